The van der Waals surface area contributed by atoms with Crippen molar-refractivity contribution in [3.05, 3.63) is 48.5 Å². The lowest BCUT2D eigenvalue weighted by molar-refractivity contribution is -0.317. The van der Waals surface area contributed by atoms with Crippen molar-refractivity contribution in [2.45, 2.75) is 61.8 Å². The van der Waals surface area contributed by atoms with Crippen LogP contribution in [-0.2, 0) is 49.2 Å². The second-order valence-corrected chi connectivity index (χ2v) is 10.8. The Balaban J connectivity index is 1.35. The maximum atomic E-state index is 6.54. The molecule has 242 valence electrons. The number of aromatic nitrogens is 4. The summed E-state index contributed by atoms with van der Waals surface area (Å²) >= 11 is 0. The van der Waals surface area contributed by atoms with Crippen molar-refractivity contribution in [1.29, 1.82) is 0 Å². The van der Waals surface area contributed by atoms with E-state index in [2.05, 4.69) is 27.1 Å². The van der Waals surface area contributed by atoms with Crippen LogP contribution in [0.15, 0.2) is 43.0 Å². The average molecular weight is 618 g/mol. The molecule has 2 aliphatic heterocycles. The summed E-state index contributed by atoms with van der Waals surface area (Å²) in [4.78, 5) is 15.8. The molecule has 2 saturated heterocycles. The molecule has 14 heteroatoms. The zero-order valence-electron chi connectivity index (χ0n) is 26.3. The Bertz CT molecular complexity index is 1320. The van der Waals surface area contributed by atoms with Gasteiger partial charge in [-0.2, -0.15) is 0 Å². The van der Waals surface area contributed by atoms with Crippen molar-refractivity contribution in [3.63, 3.8) is 0 Å². The molecule has 2 aromatic heterocycles. The van der Waals surface area contributed by atoms with E-state index in [1.54, 1.807) is 49.0 Å². The number of rotatable bonds is 14. The third-order valence-corrected chi connectivity index (χ3v) is 8.23. The second kappa shape index (κ2) is 15.0. The van der Waals surface area contributed by atoms with Crippen molar-refractivity contribution >= 4 is 17.0 Å². The molecule has 0 radical (unpaired) electrons. The first-order chi connectivity index (χ1) is 21.5. The molecule has 9 unspecified atom stereocenters. The SMILES string of the molecule is COCC1OC(OCC2OC(n3cnc4c(N(C)Cc5ccccc5)ncnc43)C(OC)C2OC)C(OC)C(OC)C1OC. The highest BCUT2D eigenvalue weighted by Gasteiger charge is 2.50. The minimum absolute atomic E-state index is 0.125. The number of hydrogen-bond donors (Lipinski definition) is 0. The summed E-state index contributed by atoms with van der Waals surface area (Å²) in [6.07, 6.45) is -1.45. The van der Waals surface area contributed by atoms with Gasteiger partial charge in [0.25, 0.3) is 0 Å². The maximum Gasteiger partial charge on any atom is 0.187 e. The molecule has 44 heavy (non-hydrogen) atoms. The van der Waals surface area contributed by atoms with Gasteiger partial charge in [-0.25, -0.2) is 15.0 Å². The Morgan fingerprint density at radius 1 is 0.750 bits per heavy atom. The number of methoxy groups -OCH3 is 6. The van der Waals surface area contributed by atoms with Crippen molar-refractivity contribution < 1.29 is 42.6 Å². The maximum absolute atomic E-state index is 6.54. The Kier molecular flexibility index (Phi) is 11.1. The van der Waals surface area contributed by atoms with E-state index in [9.17, 15) is 0 Å². The number of imidazole rings is 1. The Morgan fingerprint density at radius 2 is 1.41 bits per heavy atom. The third kappa shape index (κ3) is 6.45. The first-order valence-electron chi connectivity index (χ1n) is 14.5. The van der Waals surface area contributed by atoms with Crippen LogP contribution >= 0.6 is 0 Å². The molecular formula is C30H43N5O9. The molecule has 0 spiro atoms. The fourth-order valence-corrected chi connectivity index (χ4v) is 6.14. The summed E-state index contributed by atoms with van der Waals surface area (Å²) in [5, 5.41) is 0. The largest absolute Gasteiger partial charge is 0.382 e. The summed E-state index contributed by atoms with van der Waals surface area (Å²) in [5.41, 5.74) is 2.43. The van der Waals surface area contributed by atoms with Crippen LogP contribution in [0.25, 0.3) is 11.2 Å². The average Bonchev–Trinajstić information content (AvgIpc) is 3.64. The molecule has 1 aromatic carbocycles. The van der Waals surface area contributed by atoms with Gasteiger partial charge in [0.15, 0.2) is 29.5 Å². The number of anilines is 1. The standard InChI is InChI=1S/C30H43N5O9/c1-34(13-18-11-9-8-10-12-18)27-21-28(32-16-31-27)35(17-33-21)29-25(40-6)23(38-4)20(43-29)15-42-30-26(41-7)24(39-5)22(37-3)19(44-30)14-36-2/h8-12,16-17,19-20,22-26,29-30H,13-15H2,1-7H3. The first kappa shape index (κ1) is 32.6. The summed E-state index contributed by atoms with van der Waals surface area (Å²) in [6, 6.07) is 10.2. The zero-order chi connectivity index (χ0) is 31.2. The minimum Gasteiger partial charge on any atom is -0.382 e. The topological polar surface area (TPSA) is 130 Å². The Morgan fingerprint density at radius 3 is 2.07 bits per heavy atom. The number of hydrogen-bond acceptors (Lipinski definition) is 13. The smallest absolute Gasteiger partial charge is 0.187 e. The third-order valence-electron chi connectivity index (χ3n) is 8.23. The molecule has 3 aromatic rings. The fraction of sp³-hybridized carbons (Fsp3) is 0.633. The van der Waals surface area contributed by atoms with Crippen molar-refractivity contribution in [3.8, 4) is 0 Å². The molecule has 9 atom stereocenters. The predicted molar refractivity (Wildman–Crippen MR) is 158 cm³/mol. The van der Waals surface area contributed by atoms with E-state index in [0.717, 1.165) is 5.56 Å². The van der Waals surface area contributed by atoms with Crippen molar-refractivity contribution in [1.82, 2.24) is 19.5 Å². The monoisotopic (exact) mass is 617 g/mol. The second-order valence-electron chi connectivity index (χ2n) is 10.8. The predicted octanol–water partition coefficient (Wildman–Crippen LogP) is 1.82. The van der Waals surface area contributed by atoms with Crippen LogP contribution in [0.4, 0.5) is 5.82 Å². The minimum atomic E-state index is -0.776. The van der Waals surface area contributed by atoms with Gasteiger partial charge < -0.3 is 47.5 Å². The molecule has 0 amide bonds. The van der Waals surface area contributed by atoms with Crippen LogP contribution in [0, 0.1) is 0 Å². The normalized spacial score (nSPS) is 30.7. The van der Waals surface area contributed by atoms with Crippen LogP contribution in [0.3, 0.4) is 0 Å². The number of ether oxygens (including phenoxy) is 9. The van der Waals surface area contributed by atoms with Gasteiger partial charge in [-0.05, 0) is 5.56 Å². The molecule has 2 aliphatic rings. The highest BCUT2D eigenvalue weighted by Crippen LogP contribution is 2.37. The van der Waals surface area contributed by atoms with Gasteiger partial charge in [0, 0.05) is 56.3 Å². The van der Waals surface area contributed by atoms with Gasteiger partial charge >= 0.3 is 0 Å². The zero-order valence-corrected chi connectivity index (χ0v) is 26.3. The fourth-order valence-electron chi connectivity index (χ4n) is 6.14. The van der Waals surface area contributed by atoms with E-state index < -0.39 is 55.2 Å². The number of benzene rings is 1. The molecule has 0 N–H and O–H groups in total. The molecule has 4 heterocycles. The van der Waals surface area contributed by atoms with Gasteiger partial charge in [-0.1, -0.05) is 30.3 Å². The van der Waals surface area contributed by atoms with Crippen LogP contribution in [0.1, 0.15) is 11.8 Å². The molecule has 5 rings (SSSR count). The molecule has 0 bridgehead atoms. The lowest BCUT2D eigenvalue weighted by Crippen LogP contribution is -2.61. The van der Waals surface area contributed by atoms with Crippen LogP contribution < -0.4 is 4.90 Å². The van der Waals surface area contributed by atoms with Crippen molar-refractivity contribution in [2.75, 3.05) is 67.8 Å². The number of fused-ring (bicyclic) bond motifs is 1. The van der Waals surface area contributed by atoms with Crippen LogP contribution in [0.2, 0.25) is 0 Å². The quantitative estimate of drug-likeness (QED) is 0.261. The summed E-state index contributed by atoms with van der Waals surface area (Å²) in [7, 11) is 11.6. The summed E-state index contributed by atoms with van der Waals surface area (Å²) in [5.74, 6) is 0.709. The van der Waals surface area contributed by atoms with Crippen molar-refractivity contribution in [2.24, 2.45) is 0 Å². The van der Waals surface area contributed by atoms with E-state index in [0.29, 0.717) is 30.1 Å². The van der Waals surface area contributed by atoms with Crippen LogP contribution in [-0.4, -0.2) is 131 Å². The van der Waals surface area contributed by atoms with E-state index in [4.69, 9.17) is 42.6 Å². The summed E-state index contributed by atoms with van der Waals surface area (Å²) in [6.45, 7) is 1.08. The van der Waals surface area contributed by atoms with Gasteiger partial charge in [-0.15, -0.1) is 0 Å². The van der Waals surface area contributed by atoms with Crippen LogP contribution in [0.5, 0.6) is 0 Å². The Hall–Kier alpha value is -2.79. The molecule has 2 fully saturated rings. The lowest BCUT2D eigenvalue weighted by atomic mass is 9.98. The molecule has 0 aliphatic carbocycles. The van der Waals surface area contributed by atoms with Gasteiger partial charge in [-0.3, -0.25) is 4.57 Å². The van der Waals surface area contributed by atoms with Gasteiger partial charge in [0.05, 0.1) is 19.5 Å². The van der Waals surface area contributed by atoms with E-state index in [1.165, 1.54) is 6.33 Å². The van der Waals surface area contributed by atoms with E-state index in [-0.39, 0.29) is 6.61 Å². The molecular weight excluding hydrogens is 574 g/mol. The van der Waals surface area contributed by atoms with Gasteiger partial charge in [0.2, 0.25) is 0 Å². The van der Waals surface area contributed by atoms with E-state index >= 15 is 0 Å². The summed E-state index contributed by atoms with van der Waals surface area (Å²) < 4.78 is 55.3. The lowest BCUT2D eigenvalue weighted by Gasteiger charge is -2.44. The highest BCUT2D eigenvalue weighted by atomic mass is 16.7. The molecule has 0 saturated carbocycles. The number of nitrogens with zero attached hydrogens (tertiary/aromatic N) is 5. The molecule has 14 nitrogen and oxygen atoms in total. The highest BCUT2D eigenvalue weighted by molar-refractivity contribution is 5.83. The first-order valence-corrected chi connectivity index (χ1v) is 14.5. The Labute approximate surface area is 257 Å². The van der Waals surface area contributed by atoms with Gasteiger partial charge in [0.1, 0.15) is 49.1 Å². The van der Waals surface area contributed by atoms with E-state index in [1.807, 2.05) is 34.7 Å².